The van der Waals surface area contributed by atoms with Crippen molar-refractivity contribution in [2.24, 2.45) is 0 Å². The maximum atomic E-state index is 12.0. The largest absolute Gasteiger partial charge is 0.508 e. The number of rotatable bonds is 8. The van der Waals surface area contributed by atoms with Crippen LogP contribution in [0.25, 0.3) is 10.6 Å². The van der Waals surface area contributed by atoms with Gasteiger partial charge in [-0.3, -0.25) is 9.78 Å². The van der Waals surface area contributed by atoms with E-state index in [0.717, 1.165) is 34.7 Å². The highest BCUT2D eigenvalue weighted by Gasteiger charge is 2.07. The van der Waals surface area contributed by atoms with Crippen LogP contribution in [-0.4, -0.2) is 27.5 Å². The Bertz CT molecular complexity index is 832. The summed E-state index contributed by atoms with van der Waals surface area (Å²) in [5.74, 6) is 0.322. The van der Waals surface area contributed by atoms with E-state index in [1.165, 1.54) is 0 Å². The molecule has 0 spiro atoms. The monoisotopic (exact) mass is 367 g/mol. The second kappa shape index (κ2) is 9.10. The van der Waals surface area contributed by atoms with Crippen LogP contribution in [0.5, 0.6) is 5.75 Å². The van der Waals surface area contributed by atoms with E-state index in [9.17, 15) is 9.90 Å². The molecule has 1 amide bonds. The molecule has 0 unspecified atom stereocenters. The maximum Gasteiger partial charge on any atom is 0.220 e. The minimum atomic E-state index is 0.0478. The predicted molar refractivity (Wildman–Crippen MR) is 103 cm³/mol. The number of carbonyl (C=O) groups excluding carboxylic acids is 1. The van der Waals surface area contributed by atoms with E-state index in [0.29, 0.717) is 19.4 Å². The fourth-order valence-corrected chi connectivity index (χ4v) is 3.40. The van der Waals surface area contributed by atoms with Gasteiger partial charge in [-0.1, -0.05) is 12.1 Å². The van der Waals surface area contributed by atoms with Crippen molar-refractivity contribution >= 4 is 17.2 Å². The first-order valence-electron chi connectivity index (χ1n) is 8.60. The quantitative estimate of drug-likeness (QED) is 0.597. The van der Waals surface area contributed by atoms with Crippen LogP contribution < -0.4 is 5.32 Å². The molecule has 0 saturated heterocycles. The first kappa shape index (κ1) is 18.1. The molecule has 134 valence electrons. The van der Waals surface area contributed by atoms with E-state index in [2.05, 4.69) is 15.3 Å². The van der Waals surface area contributed by atoms with Crippen molar-refractivity contribution < 1.29 is 9.90 Å². The maximum absolute atomic E-state index is 12.0. The molecule has 0 saturated carbocycles. The van der Waals surface area contributed by atoms with E-state index in [1.807, 2.05) is 29.6 Å². The summed E-state index contributed by atoms with van der Waals surface area (Å²) >= 11 is 1.57. The Morgan fingerprint density at radius 2 is 2.00 bits per heavy atom. The molecule has 26 heavy (non-hydrogen) atoms. The highest BCUT2D eigenvalue weighted by atomic mass is 32.1. The fraction of sp³-hybridized carbons (Fsp3) is 0.250. The van der Waals surface area contributed by atoms with Gasteiger partial charge < -0.3 is 10.4 Å². The average Bonchev–Trinajstić information content (AvgIpc) is 3.15. The lowest BCUT2D eigenvalue weighted by Crippen LogP contribution is -2.25. The van der Waals surface area contributed by atoms with Crippen LogP contribution in [0.3, 0.4) is 0 Å². The van der Waals surface area contributed by atoms with Gasteiger partial charge in [0.25, 0.3) is 0 Å². The lowest BCUT2D eigenvalue weighted by molar-refractivity contribution is -0.121. The van der Waals surface area contributed by atoms with Crippen LogP contribution in [0.15, 0.2) is 54.2 Å². The molecule has 2 heterocycles. The molecule has 0 fully saturated rings. The zero-order valence-corrected chi connectivity index (χ0v) is 15.2. The van der Waals surface area contributed by atoms with Crippen molar-refractivity contribution in [3.63, 3.8) is 0 Å². The Labute approximate surface area is 156 Å². The van der Waals surface area contributed by atoms with Crippen LogP contribution in [0.4, 0.5) is 0 Å². The number of phenols is 1. The molecule has 2 N–H and O–H groups in total. The van der Waals surface area contributed by atoms with Crippen LogP contribution in [-0.2, 0) is 17.6 Å². The number of hydrogen-bond acceptors (Lipinski definition) is 5. The second-order valence-corrected chi connectivity index (χ2v) is 6.86. The molecule has 0 aliphatic rings. The summed E-state index contributed by atoms with van der Waals surface area (Å²) in [7, 11) is 0. The number of aromatic hydroxyl groups is 1. The summed E-state index contributed by atoms with van der Waals surface area (Å²) in [5, 5.41) is 15.1. The van der Waals surface area contributed by atoms with Gasteiger partial charge in [-0.2, -0.15) is 0 Å². The third-order valence-electron chi connectivity index (χ3n) is 3.97. The Hall–Kier alpha value is -2.73. The fourth-order valence-electron chi connectivity index (χ4n) is 2.56. The second-order valence-electron chi connectivity index (χ2n) is 6.01. The smallest absolute Gasteiger partial charge is 0.220 e. The summed E-state index contributed by atoms with van der Waals surface area (Å²) in [4.78, 5) is 20.6. The molecular weight excluding hydrogens is 346 g/mol. The molecule has 2 aromatic heterocycles. The molecular formula is C20H21N3O2S. The number of nitrogens with zero attached hydrogens (tertiary/aromatic N) is 2. The van der Waals surface area contributed by atoms with Crippen molar-refractivity contribution in [2.45, 2.75) is 25.7 Å². The molecule has 3 aromatic rings. The number of aromatic nitrogens is 2. The van der Waals surface area contributed by atoms with Gasteiger partial charge in [-0.25, -0.2) is 4.98 Å². The molecule has 3 rings (SSSR count). The van der Waals surface area contributed by atoms with E-state index in [4.69, 9.17) is 0 Å². The van der Waals surface area contributed by atoms with Crippen LogP contribution in [0.1, 0.15) is 24.1 Å². The van der Waals surface area contributed by atoms with Crippen molar-refractivity contribution in [3.05, 3.63) is 65.4 Å². The standard InChI is InChI=1S/C20H21N3O2S/c24-18-8-5-15(6-9-18)3-1-12-22-19(25)10-7-17-14-26-20(23-17)16-4-2-11-21-13-16/h2,4-6,8-9,11,13-14,24H,1,3,7,10,12H2,(H,22,25). The van der Waals surface area contributed by atoms with Gasteiger partial charge in [-0.05, 0) is 49.1 Å². The number of benzene rings is 1. The molecule has 5 nitrogen and oxygen atoms in total. The highest BCUT2D eigenvalue weighted by Crippen LogP contribution is 2.23. The molecule has 0 aliphatic heterocycles. The van der Waals surface area contributed by atoms with Gasteiger partial charge in [0.15, 0.2) is 0 Å². The lowest BCUT2D eigenvalue weighted by Gasteiger charge is -2.05. The van der Waals surface area contributed by atoms with Gasteiger partial charge in [0.05, 0.1) is 5.69 Å². The normalized spacial score (nSPS) is 10.6. The van der Waals surface area contributed by atoms with Gasteiger partial charge in [0.1, 0.15) is 10.8 Å². The van der Waals surface area contributed by atoms with E-state index in [1.54, 1.807) is 35.9 Å². The number of amides is 1. The zero-order valence-electron chi connectivity index (χ0n) is 14.4. The number of nitrogens with one attached hydrogen (secondary N) is 1. The minimum Gasteiger partial charge on any atom is -0.508 e. The minimum absolute atomic E-state index is 0.0478. The van der Waals surface area contributed by atoms with E-state index >= 15 is 0 Å². The van der Waals surface area contributed by atoms with E-state index < -0.39 is 0 Å². The van der Waals surface area contributed by atoms with Crippen molar-refractivity contribution in [1.29, 1.82) is 0 Å². The third-order valence-corrected chi connectivity index (χ3v) is 4.91. The van der Waals surface area contributed by atoms with Gasteiger partial charge >= 0.3 is 0 Å². The number of thiazole rings is 1. The van der Waals surface area contributed by atoms with Gasteiger partial charge in [0, 0.05) is 36.3 Å². The molecule has 0 atom stereocenters. The summed E-state index contributed by atoms with van der Waals surface area (Å²) in [6, 6.07) is 11.0. The molecule has 0 radical (unpaired) electrons. The topological polar surface area (TPSA) is 75.1 Å². The lowest BCUT2D eigenvalue weighted by atomic mass is 10.1. The first-order chi connectivity index (χ1) is 12.7. The average molecular weight is 367 g/mol. The molecule has 1 aromatic carbocycles. The summed E-state index contributed by atoms with van der Waals surface area (Å²) < 4.78 is 0. The molecule has 0 aliphatic carbocycles. The number of hydrogen-bond donors (Lipinski definition) is 2. The Balaban J connectivity index is 1.36. The number of aryl methyl sites for hydroxylation is 2. The van der Waals surface area contributed by atoms with Crippen molar-refractivity contribution in [2.75, 3.05) is 6.54 Å². The summed E-state index contributed by atoms with van der Waals surface area (Å²) in [5.41, 5.74) is 3.10. The Morgan fingerprint density at radius 1 is 1.15 bits per heavy atom. The highest BCUT2D eigenvalue weighted by molar-refractivity contribution is 7.13. The predicted octanol–water partition coefficient (Wildman–Crippen LogP) is 3.59. The van der Waals surface area contributed by atoms with Crippen molar-refractivity contribution in [3.8, 4) is 16.3 Å². The Kier molecular flexibility index (Phi) is 6.33. The number of phenolic OH excluding ortho intramolecular Hbond substituents is 1. The number of pyridine rings is 1. The SMILES string of the molecule is O=C(CCc1csc(-c2cccnc2)n1)NCCCc1ccc(O)cc1. The number of carbonyl (C=O) groups is 1. The molecule has 6 heteroatoms. The zero-order chi connectivity index (χ0) is 18.2. The van der Waals surface area contributed by atoms with Crippen LogP contribution in [0.2, 0.25) is 0 Å². The summed E-state index contributed by atoms with van der Waals surface area (Å²) in [6.07, 6.45) is 6.36. The van der Waals surface area contributed by atoms with Gasteiger partial charge in [0.2, 0.25) is 5.91 Å². The first-order valence-corrected chi connectivity index (χ1v) is 9.48. The van der Waals surface area contributed by atoms with Crippen molar-refractivity contribution in [1.82, 2.24) is 15.3 Å². The van der Waals surface area contributed by atoms with Crippen LogP contribution in [0, 0.1) is 0 Å². The third kappa shape index (κ3) is 5.39. The Morgan fingerprint density at radius 3 is 2.77 bits per heavy atom. The van der Waals surface area contributed by atoms with E-state index in [-0.39, 0.29) is 11.7 Å². The molecule has 0 bridgehead atoms. The summed E-state index contributed by atoms with van der Waals surface area (Å²) in [6.45, 7) is 0.651. The van der Waals surface area contributed by atoms with Gasteiger partial charge in [-0.15, -0.1) is 11.3 Å². The van der Waals surface area contributed by atoms with Crippen LogP contribution >= 0.6 is 11.3 Å².